The number of ether oxygens (including phenoxy) is 2. The first-order chi connectivity index (χ1) is 11.9. The quantitative estimate of drug-likeness (QED) is 0.621. The van der Waals surface area contributed by atoms with Gasteiger partial charge in [0.1, 0.15) is 5.75 Å². The van der Waals surface area contributed by atoms with Gasteiger partial charge in [-0.2, -0.15) is 13.2 Å². The van der Waals surface area contributed by atoms with E-state index >= 15 is 0 Å². The highest BCUT2D eigenvalue weighted by Crippen LogP contribution is 2.33. The Balaban J connectivity index is 2.00. The zero-order valence-corrected chi connectivity index (χ0v) is 13.0. The molecular weight excluding hydrogens is 335 g/mol. The molecule has 0 amide bonds. The Morgan fingerprint density at radius 2 is 1.88 bits per heavy atom. The maximum absolute atomic E-state index is 13.0. The van der Waals surface area contributed by atoms with E-state index < -0.39 is 17.7 Å². The Hall–Kier alpha value is -3.09. The molecule has 1 aliphatic rings. The Bertz CT molecular complexity index is 885. The number of rotatable bonds is 3. The van der Waals surface area contributed by atoms with Gasteiger partial charge in [0.15, 0.2) is 5.70 Å². The Morgan fingerprint density at radius 1 is 1.12 bits per heavy atom. The minimum atomic E-state index is -4.53. The van der Waals surface area contributed by atoms with Crippen LogP contribution in [0.4, 0.5) is 13.2 Å². The zero-order chi connectivity index (χ0) is 18.0. The van der Waals surface area contributed by atoms with Crippen LogP contribution in [0.1, 0.15) is 16.7 Å². The summed E-state index contributed by atoms with van der Waals surface area (Å²) >= 11 is 0. The molecule has 0 radical (unpaired) electrons. The van der Waals surface area contributed by atoms with E-state index in [4.69, 9.17) is 9.47 Å². The summed E-state index contributed by atoms with van der Waals surface area (Å²) in [5.74, 6) is -0.259. The van der Waals surface area contributed by atoms with Gasteiger partial charge < -0.3 is 9.47 Å². The number of carbonyl (C=O) groups excluding carboxylic acids is 1. The van der Waals surface area contributed by atoms with Crippen molar-refractivity contribution in [3.05, 3.63) is 70.9 Å². The number of esters is 1. The van der Waals surface area contributed by atoms with Gasteiger partial charge in [0.05, 0.1) is 12.7 Å². The molecule has 25 heavy (non-hydrogen) atoms. The van der Waals surface area contributed by atoms with Crippen molar-refractivity contribution in [2.75, 3.05) is 7.11 Å². The monoisotopic (exact) mass is 347 g/mol. The van der Waals surface area contributed by atoms with Crippen LogP contribution in [0, 0.1) is 0 Å². The van der Waals surface area contributed by atoms with Crippen LogP contribution in [-0.4, -0.2) is 19.0 Å². The van der Waals surface area contributed by atoms with Gasteiger partial charge in [-0.3, -0.25) is 0 Å². The summed E-state index contributed by atoms with van der Waals surface area (Å²) < 4.78 is 49.3. The van der Waals surface area contributed by atoms with Crippen LogP contribution in [-0.2, 0) is 15.7 Å². The number of benzene rings is 2. The highest BCUT2D eigenvalue weighted by molar-refractivity contribution is 6.13. The number of methoxy groups -OCH3 is 1. The molecule has 0 N–H and O–H groups in total. The second-order valence-electron chi connectivity index (χ2n) is 5.15. The fraction of sp³-hybridized carbons (Fsp3) is 0.111. The van der Waals surface area contributed by atoms with Gasteiger partial charge in [-0.05, 0) is 35.9 Å². The largest absolute Gasteiger partial charge is 0.497 e. The lowest BCUT2D eigenvalue weighted by Crippen LogP contribution is -2.08. The van der Waals surface area contributed by atoms with E-state index in [0.717, 1.165) is 12.1 Å². The minimum absolute atomic E-state index is 0.0136. The van der Waals surface area contributed by atoms with Crippen LogP contribution in [0.15, 0.2) is 59.2 Å². The summed E-state index contributed by atoms with van der Waals surface area (Å²) in [5.41, 5.74) is -0.715. The van der Waals surface area contributed by atoms with Gasteiger partial charge in [-0.25, -0.2) is 9.79 Å². The Kier molecular flexibility index (Phi) is 4.31. The van der Waals surface area contributed by atoms with Crippen LogP contribution in [0.5, 0.6) is 5.75 Å². The minimum Gasteiger partial charge on any atom is -0.497 e. The molecule has 2 aromatic rings. The standard InChI is InChI=1S/C18H12F3NO3/c1-24-13-7-4-6-12(9-13)16-22-15(17(23)25-16)10-11-5-2-3-8-14(11)18(19,20)21/h2-10H,1H3/b15-10-. The molecule has 128 valence electrons. The number of aliphatic imine (C=N–C) groups is 1. The molecule has 3 rings (SSSR count). The molecule has 0 bridgehead atoms. The molecule has 0 saturated heterocycles. The number of carbonyl (C=O) groups is 1. The van der Waals surface area contributed by atoms with E-state index in [9.17, 15) is 18.0 Å². The molecule has 1 heterocycles. The first-order valence-electron chi connectivity index (χ1n) is 7.21. The number of nitrogens with zero attached hydrogens (tertiary/aromatic N) is 1. The summed E-state index contributed by atoms with van der Waals surface area (Å²) in [7, 11) is 1.49. The van der Waals surface area contributed by atoms with E-state index in [1.165, 1.54) is 25.3 Å². The van der Waals surface area contributed by atoms with Crippen molar-refractivity contribution < 1.29 is 27.4 Å². The third-order valence-corrected chi connectivity index (χ3v) is 3.50. The van der Waals surface area contributed by atoms with E-state index in [0.29, 0.717) is 11.3 Å². The van der Waals surface area contributed by atoms with Crippen molar-refractivity contribution in [1.29, 1.82) is 0 Å². The number of cyclic esters (lactones) is 1. The van der Waals surface area contributed by atoms with Gasteiger partial charge in [-0.1, -0.05) is 24.3 Å². The molecule has 0 spiro atoms. The van der Waals surface area contributed by atoms with Crippen molar-refractivity contribution in [3.63, 3.8) is 0 Å². The van der Waals surface area contributed by atoms with Crippen molar-refractivity contribution in [3.8, 4) is 5.75 Å². The van der Waals surface area contributed by atoms with Crippen molar-refractivity contribution in [2.24, 2.45) is 4.99 Å². The maximum atomic E-state index is 13.0. The molecule has 1 aliphatic heterocycles. The predicted molar refractivity (Wildman–Crippen MR) is 85.0 cm³/mol. The molecule has 0 fully saturated rings. The van der Waals surface area contributed by atoms with Gasteiger partial charge in [-0.15, -0.1) is 0 Å². The normalized spacial score (nSPS) is 15.9. The first-order valence-corrected chi connectivity index (χ1v) is 7.21. The predicted octanol–water partition coefficient (Wildman–Crippen LogP) is 4.06. The average molecular weight is 347 g/mol. The number of alkyl halides is 3. The van der Waals surface area contributed by atoms with Crippen LogP contribution in [0.2, 0.25) is 0 Å². The van der Waals surface area contributed by atoms with Crippen LogP contribution in [0.3, 0.4) is 0 Å². The molecule has 0 atom stereocenters. The molecule has 7 heteroatoms. The molecular formula is C18H12F3NO3. The van der Waals surface area contributed by atoms with Crippen LogP contribution < -0.4 is 4.74 Å². The van der Waals surface area contributed by atoms with E-state index in [1.807, 2.05) is 0 Å². The third kappa shape index (κ3) is 3.55. The summed E-state index contributed by atoms with van der Waals surface area (Å²) in [4.78, 5) is 16.0. The summed E-state index contributed by atoms with van der Waals surface area (Å²) in [6, 6.07) is 11.6. The van der Waals surface area contributed by atoms with Crippen molar-refractivity contribution in [2.45, 2.75) is 6.18 Å². The highest BCUT2D eigenvalue weighted by Gasteiger charge is 2.33. The SMILES string of the molecule is COc1cccc(C2=N/C(=C\c3ccccc3C(F)(F)F)C(=O)O2)c1. The second-order valence-corrected chi connectivity index (χ2v) is 5.15. The maximum Gasteiger partial charge on any atom is 0.416 e. The van der Waals surface area contributed by atoms with E-state index in [2.05, 4.69) is 4.99 Å². The van der Waals surface area contributed by atoms with Gasteiger partial charge in [0, 0.05) is 5.56 Å². The molecule has 2 aromatic carbocycles. The lowest BCUT2D eigenvalue weighted by Gasteiger charge is -2.09. The molecule has 0 saturated carbocycles. The molecule has 0 aromatic heterocycles. The van der Waals surface area contributed by atoms with E-state index in [1.54, 1.807) is 24.3 Å². The number of hydrogen-bond donors (Lipinski definition) is 0. The van der Waals surface area contributed by atoms with Crippen LogP contribution in [0.25, 0.3) is 6.08 Å². The lowest BCUT2D eigenvalue weighted by atomic mass is 10.1. The van der Waals surface area contributed by atoms with Crippen molar-refractivity contribution in [1.82, 2.24) is 0 Å². The van der Waals surface area contributed by atoms with Gasteiger partial charge >= 0.3 is 12.1 Å². The fourth-order valence-electron chi connectivity index (χ4n) is 2.32. The number of halogens is 3. The zero-order valence-electron chi connectivity index (χ0n) is 13.0. The van der Waals surface area contributed by atoms with Crippen LogP contribution >= 0.6 is 0 Å². The molecule has 4 nitrogen and oxygen atoms in total. The third-order valence-electron chi connectivity index (χ3n) is 3.50. The summed E-state index contributed by atoms with van der Waals surface area (Å²) in [6.45, 7) is 0. The summed E-state index contributed by atoms with van der Waals surface area (Å²) in [6.07, 6.45) is -3.46. The van der Waals surface area contributed by atoms with E-state index in [-0.39, 0.29) is 17.2 Å². The second kappa shape index (κ2) is 6.43. The van der Waals surface area contributed by atoms with Gasteiger partial charge in [0.25, 0.3) is 0 Å². The first kappa shape index (κ1) is 16.8. The topological polar surface area (TPSA) is 47.9 Å². The number of hydrogen-bond acceptors (Lipinski definition) is 4. The van der Waals surface area contributed by atoms with Gasteiger partial charge in [0.2, 0.25) is 5.90 Å². The average Bonchev–Trinajstić information content (AvgIpc) is 2.95. The van der Waals surface area contributed by atoms with Crippen molar-refractivity contribution >= 4 is 17.9 Å². The Morgan fingerprint density at radius 3 is 2.60 bits per heavy atom. The summed E-state index contributed by atoms with van der Waals surface area (Å²) in [5, 5.41) is 0. The molecule has 0 aliphatic carbocycles. The Labute approximate surface area is 141 Å². The molecule has 0 unspecified atom stereocenters. The lowest BCUT2D eigenvalue weighted by molar-refractivity contribution is -0.137. The fourth-order valence-corrected chi connectivity index (χ4v) is 2.32. The smallest absolute Gasteiger partial charge is 0.416 e. The highest BCUT2D eigenvalue weighted by atomic mass is 19.4.